The largest absolute Gasteiger partial charge is 0.465 e. The summed E-state index contributed by atoms with van der Waals surface area (Å²) in [4.78, 5) is 11.5. The molecule has 0 aromatic heterocycles. The van der Waals surface area contributed by atoms with Crippen molar-refractivity contribution >= 4 is 5.97 Å². The van der Waals surface area contributed by atoms with Crippen LogP contribution in [0.25, 0.3) is 0 Å². The lowest BCUT2D eigenvalue weighted by atomic mass is 9.40. The van der Waals surface area contributed by atoms with Gasteiger partial charge in [-0.3, -0.25) is 4.79 Å². The summed E-state index contributed by atoms with van der Waals surface area (Å²) in [5.74, 6) is 0.751. The van der Waals surface area contributed by atoms with Crippen molar-refractivity contribution in [3.8, 4) is 0 Å². The molecule has 5 heteroatoms. The highest BCUT2D eigenvalue weighted by molar-refractivity contribution is 5.65. The van der Waals surface area contributed by atoms with Crippen LogP contribution in [0.15, 0.2) is 0 Å². The first kappa shape index (κ1) is 19.7. The quantitative estimate of drug-likeness (QED) is 0.655. The Kier molecular flexibility index (Phi) is 4.49. The summed E-state index contributed by atoms with van der Waals surface area (Å²) in [5, 5.41) is 31.8. The van der Waals surface area contributed by atoms with Gasteiger partial charge in [0.15, 0.2) is 0 Å². The Morgan fingerprint density at radius 3 is 2.52 bits per heavy atom. The normalized spacial score (nSPS) is 54.1. The molecular formula is C22H36O5. The standard InChI is InChI=1S/C22H36O5/c1-14(24)27-13-20(3)16-6-9-21-10-15(22(26,11-21)12-23)4-5-17(21)19(16,2)8-7-18(20)25/h15-18,23,25-26H,4-13H2,1-3H3. The van der Waals surface area contributed by atoms with Crippen molar-refractivity contribution in [1.82, 2.24) is 0 Å². The van der Waals surface area contributed by atoms with E-state index >= 15 is 0 Å². The topological polar surface area (TPSA) is 87.0 Å². The molecule has 4 saturated carbocycles. The van der Waals surface area contributed by atoms with E-state index in [9.17, 15) is 20.1 Å². The average Bonchev–Trinajstić information content (AvgIpc) is 2.83. The molecular weight excluding hydrogens is 344 g/mol. The van der Waals surface area contributed by atoms with Gasteiger partial charge in [-0.15, -0.1) is 0 Å². The zero-order valence-electron chi connectivity index (χ0n) is 17.0. The molecule has 0 aliphatic heterocycles. The second-order valence-electron chi connectivity index (χ2n) is 10.8. The molecule has 0 amide bonds. The summed E-state index contributed by atoms with van der Waals surface area (Å²) < 4.78 is 5.42. The molecule has 0 saturated heterocycles. The predicted octanol–water partition coefficient (Wildman–Crippen LogP) is 2.66. The van der Waals surface area contributed by atoms with Crippen LogP contribution in [0.3, 0.4) is 0 Å². The SMILES string of the molecule is CC(=O)OCC1(C)C(O)CCC2(C)C3CCC4CC3(CCC12)CC4(O)CO. The van der Waals surface area contributed by atoms with E-state index in [-0.39, 0.29) is 35.9 Å². The van der Waals surface area contributed by atoms with Crippen molar-refractivity contribution in [2.75, 3.05) is 13.2 Å². The van der Waals surface area contributed by atoms with Crippen molar-refractivity contribution in [2.24, 2.45) is 34.0 Å². The molecule has 154 valence electrons. The summed E-state index contributed by atoms with van der Waals surface area (Å²) in [6.45, 7) is 6.08. The highest BCUT2D eigenvalue weighted by atomic mass is 16.5. The van der Waals surface area contributed by atoms with Crippen molar-refractivity contribution in [2.45, 2.75) is 83.8 Å². The molecule has 4 aliphatic carbocycles. The summed E-state index contributed by atoms with van der Waals surface area (Å²) in [7, 11) is 0. The van der Waals surface area contributed by atoms with E-state index in [4.69, 9.17) is 4.74 Å². The van der Waals surface area contributed by atoms with Gasteiger partial charge in [0.2, 0.25) is 0 Å². The maximum absolute atomic E-state index is 11.5. The minimum Gasteiger partial charge on any atom is -0.465 e. The number of carbonyl (C=O) groups excluding carboxylic acids is 1. The van der Waals surface area contributed by atoms with Crippen LogP contribution in [0, 0.1) is 34.0 Å². The number of aliphatic hydroxyl groups excluding tert-OH is 2. The maximum Gasteiger partial charge on any atom is 0.302 e. The van der Waals surface area contributed by atoms with Crippen LogP contribution in [-0.4, -0.2) is 46.2 Å². The Hall–Kier alpha value is -0.650. The molecule has 0 heterocycles. The second kappa shape index (κ2) is 6.17. The molecule has 0 radical (unpaired) electrons. The summed E-state index contributed by atoms with van der Waals surface area (Å²) in [5.41, 5.74) is -1.12. The van der Waals surface area contributed by atoms with Crippen LogP contribution in [0.2, 0.25) is 0 Å². The third-order valence-corrected chi connectivity index (χ3v) is 9.51. The van der Waals surface area contributed by atoms with Gasteiger partial charge in [0.25, 0.3) is 0 Å². The Morgan fingerprint density at radius 2 is 1.85 bits per heavy atom. The highest BCUT2D eigenvalue weighted by Crippen LogP contribution is 2.72. The molecule has 0 aromatic carbocycles. The zero-order chi connectivity index (χ0) is 19.7. The van der Waals surface area contributed by atoms with Crippen molar-refractivity contribution in [1.29, 1.82) is 0 Å². The number of hydrogen-bond donors (Lipinski definition) is 3. The number of ether oxygens (including phenoxy) is 1. The Labute approximate surface area is 162 Å². The molecule has 5 nitrogen and oxygen atoms in total. The average molecular weight is 381 g/mol. The predicted molar refractivity (Wildman–Crippen MR) is 101 cm³/mol. The van der Waals surface area contributed by atoms with Gasteiger partial charge in [-0.1, -0.05) is 13.8 Å². The van der Waals surface area contributed by atoms with E-state index in [0.29, 0.717) is 11.8 Å². The second-order valence-corrected chi connectivity index (χ2v) is 10.8. The molecule has 8 unspecified atom stereocenters. The maximum atomic E-state index is 11.5. The van der Waals surface area contributed by atoms with Gasteiger partial charge in [-0.2, -0.15) is 0 Å². The molecule has 4 rings (SSSR count). The molecule has 2 bridgehead atoms. The fourth-order valence-electron chi connectivity index (χ4n) is 8.30. The fourth-order valence-corrected chi connectivity index (χ4v) is 8.30. The number of esters is 1. The Morgan fingerprint density at radius 1 is 1.11 bits per heavy atom. The number of carbonyl (C=O) groups is 1. The first-order chi connectivity index (χ1) is 12.6. The number of rotatable bonds is 3. The fraction of sp³-hybridized carbons (Fsp3) is 0.955. The third-order valence-electron chi connectivity index (χ3n) is 9.51. The molecule has 3 N–H and O–H groups in total. The van der Waals surface area contributed by atoms with Crippen LogP contribution in [0.4, 0.5) is 0 Å². The van der Waals surface area contributed by atoms with Gasteiger partial charge >= 0.3 is 5.97 Å². The minimum absolute atomic E-state index is 0.0814. The van der Waals surface area contributed by atoms with Crippen molar-refractivity contribution in [3.05, 3.63) is 0 Å². The first-order valence-electron chi connectivity index (χ1n) is 10.7. The van der Waals surface area contributed by atoms with E-state index in [1.165, 1.54) is 6.92 Å². The van der Waals surface area contributed by atoms with E-state index in [1.807, 2.05) is 0 Å². The lowest BCUT2D eigenvalue weighted by Gasteiger charge is -2.65. The monoisotopic (exact) mass is 380 g/mol. The minimum atomic E-state index is -0.910. The van der Waals surface area contributed by atoms with Gasteiger partial charge in [-0.25, -0.2) is 0 Å². The number of aliphatic hydroxyl groups is 3. The highest BCUT2D eigenvalue weighted by Gasteiger charge is 2.68. The molecule has 0 aromatic rings. The van der Waals surface area contributed by atoms with Gasteiger partial charge in [0, 0.05) is 12.3 Å². The summed E-state index contributed by atoms with van der Waals surface area (Å²) in [6.07, 6.45) is 7.15. The lowest BCUT2D eigenvalue weighted by molar-refractivity contribution is -0.204. The Bertz CT molecular complexity index is 622. The van der Waals surface area contributed by atoms with Crippen LogP contribution in [-0.2, 0) is 9.53 Å². The summed E-state index contributed by atoms with van der Waals surface area (Å²) in [6, 6.07) is 0. The van der Waals surface area contributed by atoms with E-state index in [2.05, 4.69) is 13.8 Å². The van der Waals surface area contributed by atoms with E-state index in [0.717, 1.165) is 51.4 Å². The van der Waals surface area contributed by atoms with Crippen molar-refractivity contribution < 1.29 is 24.9 Å². The lowest BCUT2D eigenvalue weighted by Crippen LogP contribution is -2.61. The van der Waals surface area contributed by atoms with Gasteiger partial charge in [0.05, 0.1) is 24.9 Å². The zero-order valence-corrected chi connectivity index (χ0v) is 17.0. The van der Waals surface area contributed by atoms with Crippen molar-refractivity contribution in [3.63, 3.8) is 0 Å². The van der Waals surface area contributed by atoms with Crippen LogP contribution in [0.1, 0.15) is 72.1 Å². The Balaban J connectivity index is 1.67. The van der Waals surface area contributed by atoms with Crippen LogP contribution >= 0.6 is 0 Å². The first-order valence-corrected chi connectivity index (χ1v) is 10.7. The van der Waals surface area contributed by atoms with E-state index < -0.39 is 17.1 Å². The van der Waals surface area contributed by atoms with Gasteiger partial charge in [-0.05, 0) is 80.0 Å². The molecule has 4 aliphatic rings. The van der Waals surface area contributed by atoms with Crippen LogP contribution < -0.4 is 0 Å². The molecule has 4 fully saturated rings. The summed E-state index contributed by atoms with van der Waals surface area (Å²) >= 11 is 0. The number of fused-ring (bicyclic) bond motifs is 3. The molecule has 1 spiro atoms. The van der Waals surface area contributed by atoms with Gasteiger partial charge < -0.3 is 20.1 Å². The number of hydrogen-bond acceptors (Lipinski definition) is 5. The molecule has 8 atom stereocenters. The van der Waals surface area contributed by atoms with E-state index in [1.54, 1.807) is 0 Å². The molecule has 27 heavy (non-hydrogen) atoms. The smallest absolute Gasteiger partial charge is 0.302 e. The third kappa shape index (κ3) is 2.64. The van der Waals surface area contributed by atoms with Gasteiger partial charge in [0.1, 0.15) is 0 Å². The van der Waals surface area contributed by atoms with Crippen LogP contribution in [0.5, 0.6) is 0 Å².